The standard InChI is InChI=1S/C12H26N2/c1-5-12(2,3)14(4)9-10-6-7-11(13)8-10/h10-11H,5-9,13H2,1-4H3. The summed E-state index contributed by atoms with van der Waals surface area (Å²) >= 11 is 0. The Morgan fingerprint density at radius 1 is 1.36 bits per heavy atom. The molecule has 0 radical (unpaired) electrons. The van der Waals surface area contributed by atoms with E-state index < -0.39 is 0 Å². The highest BCUT2D eigenvalue weighted by molar-refractivity contribution is 4.84. The summed E-state index contributed by atoms with van der Waals surface area (Å²) in [5, 5.41) is 0. The van der Waals surface area contributed by atoms with Crippen LogP contribution in [0.3, 0.4) is 0 Å². The van der Waals surface area contributed by atoms with Crippen molar-refractivity contribution in [1.82, 2.24) is 4.90 Å². The summed E-state index contributed by atoms with van der Waals surface area (Å²) in [5.41, 5.74) is 6.26. The third-order valence-corrected chi connectivity index (χ3v) is 4.01. The second-order valence-corrected chi connectivity index (χ2v) is 5.49. The quantitative estimate of drug-likeness (QED) is 0.750. The highest BCUT2D eigenvalue weighted by Gasteiger charge is 2.27. The van der Waals surface area contributed by atoms with E-state index in [1.807, 2.05) is 0 Å². The molecule has 2 unspecified atom stereocenters. The molecule has 0 heterocycles. The summed E-state index contributed by atoms with van der Waals surface area (Å²) < 4.78 is 0. The van der Waals surface area contributed by atoms with E-state index in [1.54, 1.807) is 0 Å². The maximum absolute atomic E-state index is 5.92. The summed E-state index contributed by atoms with van der Waals surface area (Å²) in [7, 11) is 2.24. The normalized spacial score (nSPS) is 28.7. The molecule has 0 bridgehead atoms. The zero-order valence-corrected chi connectivity index (χ0v) is 10.2. The minimum Gasteiger partial charge on any atom is -0.328 e. The van der Waals surface area contributed by atoms with Gasteiger partial charge in [0.15, 0.2) is 0 Å². The van der Waals surface area contributed by atoms with E-state index >= 15 is 0 Å². The van der Waals surface area contributed by atoms with Gasteiger partial charge in [-0.05, 0) is 52.5 Å². The molecule has 0 saturated heterocycles. The average Bonchev–Trinajstić information content (AvgIpc) is 2.51. The molecule has 1 rings (SSSR count). The van der Waals surface area contributed by atoms with Gasteiger partial charge in [0.2, 0.25) is 0 Å². The van der Waals surface area contributed by atoms with Crippen molar-refractivity contribution in [2.45, 2.75) is 58.0 Å². The predicted octanol–water partition coefficient (Wildman–Crippen LogP) is 2.23. The highest BCUT2D eigenvalue weighted by atomic mass is 15.2. The molecule has 84 valence electrons. The summed E-state index contributed by atoms with van der Waals surface area (Å²) in [6, 6.07) is 0.470. The van der Waals surface area contributed by atoms with Crippen molar-refractivity contribution in [3.05, 3.63) is 0 Å². The van der Waals surface area contributed by atoms with Crippen molar-refractivity contribution in [3.63, 3.8) is 0 Å². The number of rotatable bonds is 4. The van der Waals surface area contributed by atoms with Gasteiger partial charge in [0, 0.05) is 18.1 Å². The molecule has 2 N–H and O–H groups in total. The van der Waals surface area contributed by atoms with Gasteiger partial charge >= 0.3 is 0 Å². The SMILES string of the molecule is CCC(C)(C)N(C)CC1CCC(N)C1. The summed E-state index contributed by atoms with van der Waals surface area (Å²) in [6.45, 7) is 8.12. The number of nitrogens with zero attached hydrogens (tertiary/aromatic N) is 1. The zero-order valence-electron chi connectivity index (χ0n) is 10.2. The Morgan fingerprint density at radius 3 is 2.43 bits per heavy atom. The summed E-state index contributed by atoms with van der Waals surface area (Å²) in [6.07, 6.45) is 4.99. The minimum absolute atomic E-state index is 0.340. The molecule has 1 saturated carbocycles. The summed E-state index contributed by atoms with van der Waals surface area (Å²) in [4.78, 5) is 2.50. The minimum atomic E-state index is 0.340. The largest absolute Gasteiger partial charge is 0.328 e. The Labute approximate surface area is 88.8 Å². The molecule has 0 aromatic carbocycles. The van der Waals surface area contributed by atoms with E-state index in [2.05, 4.69) is 32.7 Å². The third kappa shape index (κ3) is 2.96. The van der Waals surface area contributed by atoms with E-state index in [0.717, 1.165) is 5.92 Å². The van der Waals surface area contributed by atoms with Crippen LogP contribution in [0.15, 0.2) is 0 Å². The second-order valence-electron chi connectivity index (χ2n) is 5.49. The van der Waals surface area contributed by atoms with Crippen LogP contribution in [-0.2, 0) is 0 Å². The summed E-state index contributed by atoms with van der Waals surface area (Å²) in [5.74, 6) is 0.834. The van der Waals surface area contributed by atoms with Crippen LogP contribution in [0.25, 0.3) is 0 Å². The van der Waals surface area contributed by atoms with Crippen molar-refractivity contribution in [1.29, 1.82) is 0 Å². The Morgan fingerprint density at radius 2 is 2.00 bits per heavy atom. The van der Waals surface area contributed by atoms with Gasteiger partial charge < -0.3 is 10.6 Å². The van der Waals surface area contributed by atoms with Gasteiger partial charge in [0.1, 0.15) is 0 Å². The average molecular weight is 198 g/mol. The highest BCUT2D eigenvalue weighted by Crippen LogP contribution is 2.27. The van der Waals surface area contributed by atoms with E-state index in [-0.39, 0.29) is 0 Å². The van der Waals surface area contributed by atoms with Crippen molar-refractivity contribution in [3.8, 4) is 0 Å². The first-order valence-electron chi connectivity index (χ1n) is 5.92. The van der Waals surface area contributed by atoms with E-state index in [9.17, 15) is 0 Å². The van der Waals surface area contributed by atoms with E-state index in [1.165, 1.54) is 32.2 Å². The van der Waals surface area contributed by atoms with Crippen molar-refractivity contribution < 1.29 is 0 Å². The van der Waals surface area contributed by atoms with Crippen LogP contribution in [0.4, 0.5) is 0 Å². The molecule has 1 fully saturated rings. The Hall–Kier alpha value is -0.0800. The van der Waals surface area contributed by atoms with E-state index in [4.69, 9.17) is 5.73 Å². The first-order valence-corrected chi connectivity index (χ1v) is 5.92. The molecule has 2 heteroatoms. The Bertz CT molecular complexity index is 177. The molecule has 1 aliphatic carbocycles. The molecular formula is C12H26N2. The first-order chi connectivity index (χ1) is 6.45. The van der Waals surface area contributed by atoms with E-state index in [0.29, 0.717) is 11.6 Å². The molecule has 0 aromatic rings. The smallest absolute Gasteiger partial charge is 0.0147 e. The maximum Gasteiger partial charge on any atom is 0.0147 e. The fourth-order valence-electron chi connectivity index (χ4n) is 2.18. The van der Waals surface area contributed by atoms with Crippen LogP contribution in [0, 0.1) is 5.92 Å². The van der Waals surface area contributed by atoms with Crippen molar-refractivity contribution in [2.24, 2.45) is 11.7 Å². The van der Waals surface area contributed by atoms with Gasteiger partial charge in [-0.15, -0.1) is 0 Å². The van der Waals surface area contributed by atoms with Gasteiger partial charge in [0.25, 0.3) is 0 Å². The van der Waals surface area contributed by atoms with Crippen molar-refractivity contribution in [2.75, 3.05) is 13.6 Å². The molecule has 1 aliphatic rings. The van der Waals surface area contributed by atoms with Gasteiger partial charge in [-0.1, -0.05) is 6.92 Å². The number of nitrogens with two attached hydrogens (primary N) is 1. The third-order valence-electron chi connectivity index (χ3n) is 4.01. The molecular weight excluding hydrogens is 172 g/mol. The fourth-order valence-corrected chi connectivity index (χ4v) is 2.18. The van der Waals surface area contributed by atoms with Crippen LogP contribution in [0.5, 0.6) is 0 Å². The van der Waals surface area contributed by atoms with Gasteiger partial charge in [0.05, 0.1) is 0 Å². The molecule has 2 nitrogen and oxygen atoms in total. The molecule has 2 atom stereocenters. The van der Waals surface area contributed by atoms with Crippen LogP contribution in [0.1, 0.15) is 46.5 Å². The topological polar surface area (TPSA) is 29.3 Å². The maximum atomic E-state index is 5.92. The molecule has 0 spiro atoms. The van der Waals surface area contributed by atoms with Gasteiger partial charge in [-0.25, -0.2) is 0 Å². The van der Waals surface area contributed by atoms with Crippen LogP contribution >= 0.6 is 0 Å². The second kappa shape index (κ2) is 4.63. The van der Waals surface area contributed by atoms with Gasteiger partial charge in [-0.3, -0.25) is 0 Å². The Kier molecular flexibility index (Phi) is 3.96. The molecule has 0 amide bonds. The fraction of sp³-hybridized carbons (Fsp3) is 1.00. The molecule has 14 heavy (non-hydrogen) atoms. The Balaban J connectivity index is 2.37. The lowest BCUT2D eigenvalue weighted by Crippen LogP contribution is -2.42. The lowest BCUT2D eigenvalue weighted by molar-refractivity contribution is 0.128. The predicted molar refractivity (Wildman–Crippen MR) is 62.3 cm³/mol. The molecule has 0 aromatic heterocycles. The number of hydrogen-bond acceptors (Lipinski definition) is 2. The zero-order chi connectivity index (χ0) is 10.8. The lowest BCUT2D eigenvalue weighted by atomic mass is 9.97. The molecule has 0 aliphatic heterocycles. The van der Waals surface area contributed by atoms with Crippen LogP contribution in [0.2, 0.25) is 0 Å². The van der Waals surface area contributed by atoms with Gasteiger partial charge in [-0.2, -0.15) is 0 Å². The van der Waals surface area contributed by atoms with Crippen LogP contribution < -0.4 is 5.73 Å². The lowest BCUT2D eigenvalue weighted by Gasteiger charge is -2.36. The van der Waals surface area contributed by atoms with Crippen molar-refractivity contribution >= 4 is 0 Å². The number of hydrogen-bond donors (Lipinski definition) is 1. The monoisotopic (exact) mass is 198 g/mol. The first kappa shape index (κ1) is 12.0. The van der Waals surface area contributed by atoms with Crippen LogP contribution in [-0.4, -0.2) is 30.1 Å².